The zero-order valence-corrected chi connectivity index (χ0v) is 16.3. The van der Waals surface area contributed by atoms with Gasteiger partial charge in [0.2, 0.25) is 5.91 Å². The largest absolute Gasteiger partial charge is 0.507 e. The van der Waals surface area contributed by atoms with Crippen molar-refractivity contribution in [1.82, 2.24) is 4.90 Å². The van der Waals surface area contributed by atoms with Gasteiger partial charge in [0.05, 0.1) is 12.0 Å². The van der Waals surface area contributed by atoms with Gasteiger partial charge in [0.1, 0.15) is 17.1 Å². The van der Waals surface area contributed by atoms with E-state index in [1.165, 1.54) is 6.42 Å². The molecule has 0 aromatic heterocycles. The molecule has 1 amide bonds. The van der Waals surface area contributed by atoms with Crippen molar-refractivity contribution < 1.29 is 14.6 Å². The van der Waals surface area contributed by atoms with Gasteiger partial charge in [0.25, 0.3) is 0 Å². The van der Waals surface area contributed by atoms with Gasteiger partial charge in [-0.2, -0.15) is 0 Å². The normalized spacial score (nSPS) is 17.7. The number of fused-ring (bicyclic) bond motifs is 3. The van der Waals surface area contributed by atoms with Crippen LogP contribution in [0.1, 0.15) is 49.8 Å². The number of likely N-dealkylation sites (tertiary alicyclic amines) is 1. The van der Waals surface area contributed by atoms with Crippen LogP contribution >= 0.6 is 0 Å². The van der Waals surface area contributed by atoms with Crippen LogP contribution in [0.25, 0.3) is 11.1 Å². The third kappa shape index (κ3) is 3.29. The van der Waals surface area contributed by atoms with Crippen LogP contribution in [-0.2, 0) is 16.8 Å². The minimum absolute atomic E-state index is 0.125. The number of hydrogen-bond donors (Lipinski definition) is 1. The molecule has 1 N–H and O–H groups in total. The number of phenolic OH excluding ortho intramolecular Hbond substituents is 1. The van der Waals surface area contributed by atoms with Crippen LogP contribution in [0.15, 0.2) is 30.3 Å². The van der Waals surface area contributed by atoms with E-state index in [-0.39, 0.29) is 11.7 Å². The second-order valence-electron chi connectivity index (χ2n) is 8.27. The van der Waals surface area contributed by atoms with E-state index >= 15 is 0 Å². The van der Waals surface area contributed by atoms with Gasteiger partial charge in [0.15, 0.2) is 0 Å². The van der Waals surface area contributed by atoms with E-state index in [9.17, 15) is 9.90 Å². The van der Waals surface area contributed by atoms with Crippen LogP contribution in [0.2, 0.25) is 0 Å². The Labute approximate surface area is 160 Å². The Morgan fingerprint density at radius 1 is 1.15 bits per heavy atom. The molecule has 4 rings (SSSR count). The summed E-state index contributed by atoms with van der Waals surface area (Å²) in [6, 6.07) is 9.87. The average molecular weight is 365 g/mol. The molecule has 2 aliphatic rings. The highest BCUT2D eigenvalue weighted by atomic mass is 16.5. The highest BCUT2D eigenvalue weighted by Crippen LogP contribution is 2.49. The quantitative estimate of drug-likeness (QED) is 0.849. The maximum Gasteiger partial charge on any atom is 0.226 e. The lowest BCUT2D eigenvalue weighted by Gasteiger charge is -2.35. The number of nitrogens with zero attached hydrogens (tertiary/aromatic N) is 1. The Morgan fingerprint density at radius 3 is 2.63 bits per heavy atom. The van der Waals surface area contributed by atoms with E-state index in [2.05, 4.69) is 18.2 Å². The zero-order valence-electron chi connectivity index (χ0n) is 16.3. The molecule has 0 atom stereocenters. The van der Waals surface area contributed by atoms with Gasteiger partial charge in [0, 0.05) is 18.7 Å². The maximum atomic E-state index is 12.6. The molecular formula is C23H27NO3. The lowest BCUT2D eigenvalue weighted by molar-refractivity contribution is -0.131. The third-order valence-electron chi connectivity index (χ3n) is 5.66. The number of carbonyl (C=O) groups excluding carboxylic acids is 1. The second kappa shape index (κ2) is 6.59. The molecule has 0 spiro atoms. The summed E-state index contributed by atoms with van der Waals surface area (Å²) in [6.45, 7) is 7.79. The first kappa shape index (κ1) is 17.9. The Morgan fingerprint density at radius 2 is 1.89 bits per heavy atom. The molecule has 0 bridgehead atoms. The van der Waals surface area contributed by atoms with Gasteiger partial charge >= 0.3 is 0 Å². The summed E-state index contributed by atoms with van der Waals surface area (Å²) in [5.41, 5.74) is 4.25. The van der Waals surface area contributed by atoms with Gasteiger partial charge < -0.3 is 14.7 Å². The molecule has 142 valence electrons. The van der Waals surface area contributed by atoms with Crippen LogP contribution in [0.4, 0.5) is 0 Å². The van der Waals surface area contributed by atoms with Gasteiger partial charge in [-0.1, -0.05) is 23.8 Å². The fraction of sp³-hybridized carbons (Fsp3) is 0.435. The molecule has 0 aliphatic carbocycles. The minimum Gasteiger partial charge on any atom is -0.507 e. The second-order valence-corrected chi connectivity index (χ2v) is 8.27. The number of aryl methyl sites for hydroxylation is 1. The van der Waals surface area contributed by atoms with E-state index in [0.717, 1.165) is 53.7 Å². The smallest absolute Gasteiger partial charge is 0.226 e. The molecule has 0 saturated carbocycles. The summed E-state index contributed by atoms with van der Waals surface area (Å²) in [7, 11) is 0. The van der Waals surface area contributed by atoms with E-state index in [4.69, 9.17) is 4.74 Å². The summed E-state index contributed by atoms with van der Waals surface area (Å²) < 4.78 is 6.25. The number of ether oxygens (including phenoxy) is 1. The van der Waals surface area contributed by atoms with Crippen molar-refractivity contribution in [2.75, 3.05) is 13.1 Å². The summed E-state index contributed by atoms with van der Waals surface area (Å²) in [5, 5.41) is 10.8. The summed E-state index contributed by atoms with van der Waals surface area (Å²) in [5.74, 6) is 0.955. The minimum atomic E-state index is -0.488. The fourth-order valence-corrected chi connectivity index (χ4v) is 4.26. The van der Waals surface area contributed by atoms with Crippen LogP contribution in [0, 0.1) is 6.92 Å². The molecule has 0 radical (unpaired) electrons. The molecule has 2 heterocycles. The van der Waals surface area contributed by atoms with Crippen LogP contribution in [0.5, 0.6) is 11.5 Å². The van der Waals surface area contributed by atoms with Crippen LogP contribution in [-0.4, -0.2) is 29.0 Å². The van der Waals surface area contributed by atoms with Gasteiger partial charge in [-0.3, -0.25) is 4.79 Å². The van der Waals surface area contributed by atoms with Gasteiger partial charge in [-0.15, -0.1) is 0 Å². The maximum absolute atomic E-state index is 12.6. The van der Waals surface area contributed by atoms with Crippen LogP contribution in [0.3, 0.4) is 0 Å². The van der Waals surface area contributed by atoms with Crippen molar-refractivity contribution in [2.45, 2.75) is 52.1 Å². The first-order valence-electron chi connectivity index (χ1n) is 9.79. The number of benzene rings is 2. The van der Waals surface area contributed by atoms with Gasteiger partial charge in [-0.25, -0.2) is 0 Å². The van der Waals surface area contributed by atoms with Crippen LogP contribution < -0.4 is 4.74 Å². The summed E-state index contributed by atoms with van der Waals surface area (Å²) in [6.07, 6.45) is 3.65. The molecule has 1 saturated heterocycles. The van der Waals surface area contributed by atoms with Crippen molar-refractivity contribution in [3.05, 3.63) is 47.0 Å². The molecule has 2 aliphatic heterocycles. The fourth-order valence-electron chi connectivity index (χ4n) is 4.26. The number of hydrogen-bond acceptors (Lipinski definition) is 3. The van der Waals surface area contributed by atoms with Crippen molar-refractivity contribution in [3.63, 3.8) is 0 Å². The van der Waals surface area contributed by atoms with Crippen molar-refractivity contribution >= 4 is 5.91 Å². The first-order valence-corrected chi connectivity index (χ1v) is 9.79. The lowest BCUT2D eigenvalue weighted by Crippen LogP contribution is -2.36. The highest BCUT2D eigenvalue weighted by Gasteiger charge is 2.34. The molecule has 1 fully saturated rings. The van der Waals surface area contributed by atoms with Crippen molar-refractivity contribution in [3.8, 4) is 22.6 Å². The molecular weight excluding hydrogens is 338 g/mol. The lowest BCUT2D eigenvalue weighted by atomic mass is 9.84. The summed E-state index contributed by atoms with van der Waals surface area (Å²) >= 11 is 0. The predicted octanol–water partition coefficient (Wildman–Crippen LogP) is 4.55. The van der Waals surface area contributed by atoms with E-state index in [1.54, 1.807) is 6.07 Å². The van der Waals surface area contributed by atoms with E-state index in [0.29, 0.717) is 12.2 Å². The Balaban J connectivity index is 1.70. The Bertz CT molecular complexity index is 895. The average Bonchev–Trinajstić information content (AvgIpc) is 2.61. The van der Waals surface area contributed by atoms with E-state index in [1.807, 2.05) is 31.7 Å². The van der Waals surface area contributed by atoms with Crippen molar-refractivity contribution in [1.29, 1.82) is 0 Å². The Kier molecular flexibility index (Phi) is 4.37. The molecule has 4 heteroatoms. The molecule has 0 unspecified atom stereocenters. The number of aromatic hydroxyl groups is 1. The zero-order chi connectivity index (χ0) is 19.2. The molecule has 2 aromatic rings. The first-order chi connectivity index (χ1) is 12.8. The monoisotopic (exact) mass is 365 g/mol. The SMILES string of the molecule is Cc1ccc2c(c1)-c1c(O)cc(CC(=O)N3CCCCC3)cc1OC2(C)C. The standard InChI is InChI=1S/C23H27NO3/c1-15-7-8-18-17(11-15)22-19(25)12-16(13-20(22)27-23(18,2)3)14-21(26)24-9-5-4-6-10-24/h7-8,11-13,25H,4-6,9-10,14H2,1-3H3. The number of phenols is 1. The molecule has 4 nitrogen and oxygen atoms in total. The van der Waals surface area contributed by atoms with Crippen molar-refractivity contribution in [2.24, 2.45) is 0 Å². The highest BCUT2D eigenvalue weighted by molar-refractivity contribution is 5.84. The Hall–Kier alpha value is -2.49. The topological polar surface area (TPSA) is 49.8 Å². The number of amides is 1. The predicted molar refractivity (Wildman–Crippen MR) is 106 cm³/mol. The number of rotatable bonds is 2. The van der Waals surface area contributed by atoms with Gasteiger partial charge in [-0.05, 0) is 63.3 Å². The third-order valence-corrected chi connectivity index (χ3v) is 5.66. The van der Waals surface area contributed by atoms with E-state index < -0.39 is 5.60 Å². The number of piperidine rings is 1. The molecule has 2 aromatic carbocycles. The number of carbonyl (C=O) groups is 1. The molecule has 27 heavy (non-hydrogen) atoms. The summed E-state index contributed by atoms with van der Waals surface area (Å²) in [4.78, 5) is 14.6.